The molecule has 92 valence electrons. The molecule has 0 aliphatic carbocycles. The van der Waals surface area contributed by atoms with E-state index in [4.69, 9.17) is 22.7 Å². The van der Waals surface area contributed by atoms with Crippen LogP contribution in [0.2, 0.25) is 0 Å². The average Bonchev–Trinajstić information content (AvgIpc) is 2.58. The van der Waals surface area contributed by atoms with E-state index in [1.807, 2.05) is 0 Å². The van der Waals surface area contributed by atoms with Gasteiger partial charge >= 0.3 is 0 Å². The van der Waals surface area contributed by atoms with Crippen LogP contribution in [0.1, 0.15) is 12.0 Å². The van der Waals surface area contributed by atoms with Gasteiger partial charge in [0.05, 0.1) is 11.5 Å². The van der Waals surface area contributed by atoms with Crippen molar-refractivity contribution in [3.05, 3.63) is 29.8 Å². The van der Waals surface area contributed by atoms with Gasteiger partial charge in [0, 0.05) is 5.56 Å². The Morgan fingerprint density at radius 3 is 2.82 bits per heavy atom. The molecular formula is C11H13NO3S2. The standard InChI is InChI=1S/C11H13NO3S2/c12-11(16)8-2-1-3-9(6-8)15-10-4-5-17(13,14)7-10/h1-3,6,10H,4-5,7H2,(H2,12,16). The van der Waals surface area contributed by atoms with Crippen LogP contribution in [0.15, 0.2) is 24.3 Å². The van der Waals surface area contributed by atoms with Gasteiger partial charge in [-0.15, -0.1) is 0 Å². The van der Waals surface area contributed by atoms with Gasteiger partial charge in [0.25, 0.3) is 0 Å². The SMILES string of the molecule is NC(=S)c1cccc(OC2CCS(=O)(=O)C2)c1. The van der Waals surface area contributed by atoms with Crippen molar-refractivity contribution in [3.8, 4) is 5.75 Å². The zero-order valence-electron chi connectivity index (χ0n) is 9.13. The number of rotatable bonds is 3. The maximum atomic E-state index is 11.3. The summed E-state index contributed by atoms with van der Waals surface area (Å²) in [5.74, 6) is 0.897. The van der Waals surface area contributed by atoms with Crippen molar-refractivity contribution in [1.29, 1.82) is 0 Å². The summed E-state index contributed by atoms with van der Waals surface area (Å²) in [6, 6.07) is 7.08. The maximum absolute atomic E-state index is 11.3. The molecule has 0 amide bonds. The van der Waals surface area contributed by atoms with Crippen LogP contribution in [0, 0.1) is 0 Å². The lowest BCUT2D eigenvalue weighted by molar-refractivity contribution is 0.229. The molecule has 0 aromatic heterocycles. The molecule has 0 radical (unpaired) electrons. The van der Waals surface area contributed by atoms with Crippen molar-refractivity contribution < 1.29 is 13.2 Å². The monoisotopic (exact) mass is 271 g/mol. The lowest BCUT2D eigenvalue weighted by atomic mass is 10.2. The first-order valence-corrected chi connectivity index (χ1v) is 7.46. The molecule has 1 heterocycles. The highest BCUT2D eigenvalue weighted by Gasteiger charge is 2.29. The Hall–Kier alpha value is -1.14. The van der Waals surface area contributed by atoms with Gasteiger partial charge < -0.3 is 10.5 Å². The number of sulfone groups is 1. The molecule has 1 atom stereocenters. The lowest BCUT2D eigenvalue weighted by Crippen LogP contribution is -2.18. The molecule has 1 aliphatic heterocycles. The van der Waals surface area contributed by atoms with E-state index in [1.54, 1.807) is 24.3 Å². The first-order valence-electron chi connectivity index (χ1n) is 5.23. The minimum absolute atomic E-state index is 0.0876. The molecule has 1 unspecified atom stereocenters. The van der Waals surface area contributed by atoms with Gasteiger partial charge in [-0.05, 0) is 18.6 Å². The van der Waals surface area contributed by atoms with E-state index in [9.17, 15) is 8.42 Å². The molecule has 0 spiro atoms. The number of hydrogen-bond acceptors (Lipinski definition) is 4. The van der Waals surface area contributed by atoms with Gasteiger partial charge in [-0.3, -0.25) is 0 Å². The van der Waals surface area contributed by atoms with Crippen LogP contribution in [0.3, 0.4) is 0 Å². The Bertz CT molecular complexity index is 539. The molecule has 1 aromatic rings. The molecule has 0 saturated carbocycles. The van der Waals surface area contributed by atoms with E-state index >= 15 is 0 Å². The average molecular weight is 271 g/mol. The fourth-order valence-corrected chi connectivity index (χ4v) is 3.49. The molecule has 17 heavy (non-hydrogen) atoms. The van der Waals surface area contributed by atoms with Crippen molar-refractivity contribution in [2.45, 2.75) is 12.5 Å². The predicted molar refractivity (Wildman–Crippen MR) is 70.0 cm³/mol. The molecule has 0 bridgehead atoms. The van der Waals surface area contributed by atoms with Crippen LogP contribution in [-0.2, 0) is 9.84 Å². The third-order valence-corrected chi connectivity index (χ3v) is 4.59. The minimum Gasteiger partial charge on any atom is -0.489 e. The molecule has 2 rings (SSSR count). The fraction of sp³-hybridized carbons (Fsp3) is 0.364. The highest BCUT2D eigenvalue weighted by Crippen LogP contribution is 2.20. The molecule has 1 saturated heterocycles. The molecule has 1 fully saturated rings. The van der Waals surface area contributed by atoms with Crippen molar-refractivity contribution in [2.24, 2.45) is 5.73 Å². The van der Waals surface area contributed by atoms with Crippen molar-refractivity contribution >= 4 is 27.0 Å². The Balaban J connectivity index is 2.09. The van der Waals surface area contributed by atoms with Crippen LogP contribution in [0.5, 0.6) is 5.75 Å². The second kappa shape index (κ2) is 4.62. The largest absolute Gasteiger partial charge is 0.489 e. The normalized spacial score (nSPS) is 22.2. The first kappa shape index (κ1) is 12.3. The molecule has 1 aliphatic rings. The molecule has 4 nitrogen and oxygen atoms in total. The van der Waals surface area contributed by atoms with E-state index in [2.05, 4.69) is 0 Å². The zero-order chi connectivity index (χ0) is 12.5. The van der Waals surface area contributed by atoms with Gasteiger partial charge in [0.15, 0.2) is 9.84 Å². The van der Waals surface area contributed by atoms with Gasteiger partial charge in [-0.2, -0.15) is 0 Å². The molecule has 2 N–H and O–H groups in total. The summed E-state index contributed by atoms with van der Waals surface area (Å²) in [4.78, 5) is 0.300. The van der Waals surface area contributed by atoms with Gasteiger partial charge in [-0.25, -0.2) is 8.42 Å². The van der Waals surface area contributed by atoms with E-state index in [0.29, 0.717) is 17.2 Å². The third-order valence-electron chi connectivity index (χ3n) is 2.61. The quantitative estimate of drug-likeness (QED) is 0.827. The van der Waals surface area contributed by atoms with Gasteiger partial charge in [0.1, 0.15) is 16.8 Å². The summed E-state index contributed by atoms with van der Waals surface area (Å²) in [5.41, 5.74) is 6.23. The number of benzene rings is 1. The molecule has 1 aromatic carbocycles. The predicted octanol–water partition coefficient (Wildman–Crippen LogP) is 0.887. The summed E-state index contributed by atoms with van der Waals surface area (Å²) < 4.78 is 28.2. The minimum atomic E-state index is -2.92. The Morgan fingerprint density at radius 1 is 1.47 bits per heavy atom. The topological polar surface area (TPSA) is 69.4 Å². The first-order chi connectivity index (χ1) is 7.96. The van der Waals surface area contributed by atoms with Crippen molar-refractivity contribution in [2.75, 3.05) is 11.5 Å². The summed E-state index contributed by atoms with van der Waals surface area (Å²) in [7, 11) is -2.92. The molecular weight excluding hydrogens is 258 g/mol. The van der Waals surface area contributed by atoms with Gasteiger partial charge in [0.2, 0.25) is 0 Å². The van der Waals surface area contributed by atoms with E-state index in [1.165, 1.54) is 0 Å². The third kappa shape index (κ3) is 3.17. The van der Waals surface area contributed by atoms with Crippen LogP contribution in [-0.4, -0.2) is 31.0 Å². The van der Waals surface area contributed by atoms with E-state index in [0.717, 1.165) is 5.56 Å². The number of thiocarbonyl (C=S) groups is 1. The second-order valence-corrected chi connectivity index (χ2v) is 6.70. The Kier molecular flexibility index (Phi) is 3.35. The second-order valence-electron chi connectivity index (χ2n) is 4.03. The zero-order valence-corrected chi connectivity index (χ0v) is 10.8. The van der Waals surface area contributed by atoms with Crippen LogP contribution < -0.4 is 10.5 Å². The van der Waals surface area contributed by atoms with Crippen LogP contribution in [0.25, 0.3) is 0 Å². The van der Waals surface area contributed by atoms with Crippen molar-refractivity contribution in [1.82, 2.24) is 0 Å². The highest BCUT2D eigenvalue weighted by molar-refractivity contribution is 7.91. The number of nitrogens with two attached hydrogens (primary N) is 1. The number of ether oxygens (including phenoxy) is 1. The lowest BCUT2D eigenvalue weighted by Gasteiger charge is -2.12. The van der Waals surface area contributed by atoms with Crippen LogP contribution >= 0.6 is 12.2 Å². The van der Waals surface area contributed by atoms with E-state index in [-0.39, 0.29) is 17.6 Å². The smallest absolute Gasteiger partial charge is 0.154 e. The van der Waals surface area contributed by atoms with Crippen LogP contribution in [0.4, 0.5) is 0 Å². The van der Waals surface area contributed by atoms with Gasteiger partial charge in [-0.1, -0.05) is 24.4 Å². The summed E-state index contributed by atoms with van der Waals surface area (Å²) in [6.07, 6.45) is 0.279. The Morgan fingerprint density at radius 2 is 2.24 bits per heavy atom. The maximum Gasteiger partial charge on any atom is 0.154 e. The number of hydrogen-bond donors (Lipinski definition) is 1. The summed E-state index contributed by atoms with van der Waals surface area (Å²) in [6.45, 7) is 0. The fourth-order valence-electron chi connectivity index (χ4n) is 1.77. The summed E-state index contributed by atoms with van der Waals surface area (Å²) in [5, 5.41) is 0. The van der Waals surface area contributed by atoms with Crippen molar-refractivity contribution in [3.63, 3.8) is 0 Å². The Labute approximate surface area is 106 Å². The molecule has 6 heteroatoms. The highest BCUT2D eigenvalue weighted by atomic mass is 32.2. The summed E-state index contributed by atoms with van der Waals surface area (Å²) >= 11 is 4.87. The van der Waals surface area contributed by atoms with E-state index < -0.39 is 9.84 Å².